The molecule has 0 unspecified atom stereocenters. The first-order chi connectivity index (χ1) is 16.3. The van der Waals surface area contributed by atoms with Gasteiger partial charge in [-0.1, -0.05) is 47.1 Å². The SMILES string of the molecule is CC(=O)N[C@@H]1[C@@H](O/N=C2\C(=O)N(Cc3ccccc3)c3ccc(C)cc32)O[C@@H](CO)[C@@H](O)[C@H]1O. The third-order valence-electron chi connectivity index (χ3n) is 5.83. The fourth-order valence-electron chi connectivity index (χ4n) is 4.10. The lowest BCUT2D eigenvalue weighted by Crippen LogP contribution is -2.64. The van der Waals surface area contributed by atoms with E-state index >= 15 is 0 Å². The van der Waals surface area contributed by atoms with Crippen molar-refractivity contribution in [2.75, 3.05) is 11.5 Å². The number of nitrogens with one attached hydrogen (secondary N) is 1. The van der Waals surface area contributed by atoms with Crippen LogP contribution in [0.2, 0.25) is 0 Å². The molecule has 1 saturated heterocycles. The minimum atomic E-state index is -1.48. The Bertz CT molecular complexity index is 1090. The van der Waals surface area contributed by atoms with Gasteiger partial charge in [0.25, 0.3) is 5.91 Å². The minimum absolute atomic E-state index is 0.0426. The van der Waals surface area contributed by atoms with Gasteiger partial charge in [0, 0.05) is 12.5 Å². The Labute approximate surface area is 196 Å². The Morgan fingerprint density at radius 3 is 2.59 bits per heavy atom. The van der Waals surface area contributed by atoms with Crippen LogP contribution in [0.4, 0.5) is 5.69 Å². The quantitative estimate of drug-likeness (QED) is 0.443. The number of carbonyl (C=O) groups is 2. The number of oxime groups is 1. The number of fused-ring (bicyclic) bond motifs is 1. The standard InChI is InChI=1S/C24H27N3O7/c1-13-8-9-17-16(10-13)19(23(32)27(17)11-15-6-4-3-5-7-15)26-34-24-20(25-14(2)29)22(31)21(30)18(12-28)33-24/h3-10,18,20-22,24,28,30-31H,11-12H2,1-2H3,(H,25,29)/b26-19-/t18-,20-,21+,22-,24+/m0/s1. The van der Waals surface area contributed by atoms with E-state index in [-0.39, 0.29) is 11.6 Å². The molecule has 34 heavy (non-hydrogen) atoms. The van der Waals surface area contributed by atoms with E-state index in [0.717, 1.165) is 11.1 Å². The maximum absolute atomic E-state index is 13.3. The zero-order valence-corrected chi connectivity index (χ0v) is 18.8. The summed E-state index contributed by atoms with van der Waals surface area (Å²) >= 11 is 0. The van der Waals surface area contributed by atoms with Crippen LogP contribution in [0.5, 0.6) is 0 Å². The normalized spacial score (nSPS) is 27.6. The number of hydrogen-bond acceptors (Lipinski definition) is 8. The summed E-state index contributed by atoms with van der Waals surface area (Å²) in [6.45, 7) is 2.87. The predicted molar refractivity (Wildman–Crippen MR) is 122 cm³/mol. The van der Waals surface area contributed by atoms with Crippen LogP contribution in [0.1, 0.15) is 23.6 Å². The van der Waals surface area contributed by atoms with Gasteiger partial charge in [-0.05, 0) is 24.6 Å². The van der Waals surface area contributed by atoms with Gasteiger partial charge in [0.15, 0.2) is 5.71 Å². The smallest absolute Gasteiger partial charge is 0.281 e. The number of rotatable bonds is 6. The molecule has 2 aromatic rings. The van der Waals surface area contributed by atoms with Gasteiger partial charge in [0.05, 0.1) is 18.8 Å². The number of aliphatic hydroxyl groups is 3. The molecule has 0 saturated carbocycles. The molecule has 5 atom stereocenters. The molecule has 10 nitrogen and oxygen atoms in total. The molecular weight excluding hydrogens is 442 g/mol. The molecule has 0 bridgehead atoms. The van der Waals surface area contributed by atoms with Crippen molar-refractivity contribution in [2.45, 2.75) is 51.0 Å². The van der Waals surface area contributed by atoms with Crippen molar-refractivity contribution in [1.29, 1.82) is 0 Å². The van der Waals surface area contributed by atoms with Gasteiger partial charge in [-0.2, -0.15) is 0 Å². The van der Waals surface area contributed by atoms with E-state index in [1.54, 1.807) is 4.90 Å². The zero-order chi connectivity index (χ0) is 24.4. The maximum Gasteiger partial charge on any atom is 0.281 e. The van der Waals surface area contributed by atoms with Crippen molar-refractivity contribution < 1.29 is 34.5 Å². The summed E-state index contributed by atoms with van der Waals surface area (Å²) in [5.74, 6) is -0.869. The van der Waals surface area contributed by atoms with Crippen LogP contribution in [0.3, 0.4) is 0 Å². The summed E-state index contributed by atoms with van der Waals surface area (Å²) in [6.07, 6.45) is -5.44. The average molecular weight is 469 g/mol. The number of aliphatic hydroxyl groups excluding tert-OH is 3. The third-order valence-corrected chi connectivity index (χ3v) is 5.83. The average Bonchev–Trinajstić information content (AvgIpc) is 3.07. The summed E-state index contributed by atoms with van der Waals surface area (Å²) in [7, 11) is 0. The van der Waals surface area contributed by atoms with Crippen LogP contribution >= 0.6 is 0 Å². The molecule has 2 heterocycles. The van der Waals surface area contributed by atoms with Crippen molar-refractivity contribution in [3.63, 3.8) is 0 Å². The second kappa shape index (κ2) is 9.90. The molecule has 2 aliphatic rings. The fourth-order valence-corrected chi connectivity index (χ4v) is 4.10. The van der Waals surface area contributed by atoms with Gasteiger partial charge in [0.2, 0.25) is 12.2 Å². The predicted octanol–water partition coefficient (Wildman–Crippen LogP) is 0.206. The van der Waals surface area contributed by atoms with Crippen LogP contribution in [-0.2, 0) is 25.7 Å². The molecule has 0 aromatic heterocycles. The van der Waals surface area contributed by atoms with Gasteiger partial charge < -0.3 is 35.1 Å². The Morgan fingerprint density at radius 1 is 1.18 bits per heavy atom. The van der Waals surface area contributed by atoms with Crippen molar-refractivity contribution in [3.8, 4) is 0 Å². The van der Waals surface area contributed by atoms with Crippen LogP contribution in [-0.4, -0.2) is 70.1 Å². The van der Waals surface area contributed by atoms with Gasteiger partial charge in [-0.25, -0.2) is 0 Å². The lowest BCUT2D eigenvalue weighted by molar-refractivity contribution is -0.270. The number of nitrogens with zero attached hydrogens (tertiary/aromatic N) is 2. The first kappa shape index (κ1) is 23.8. The second-order valence-electron chi connectivity index (χ2n) is 8.38. The summed E-state index contributed by atoms with van der Waals surface area (Å²) < 4.78 is 5.53. The summed E-state index contributed by atoms with van der Waals surface area (Å²) in [5, 5.41) is 36.6. The molecule has 180 valence electrons. The molecule has 1 fully saturated rings. The molecule has 4 rings (SSSR count). The van der Waals surface area contributed by atoms with Crippen molar-refractivity contribution in [1.82, 2.24) is 5.32 Å². The highest BCUT2D eigenvalue weighted by Crippen LogP contribution is 2.32. The number of benzene rings is 2. The molecule has 0 radical (unpaired) electrons. The highest BCUT2D eigenvalue weighted by atomic mass is 16.8. The van der Waals surface area contributed by atoms with Gasteiger partial charge in [-0.15, -0.1) is 0 Å². The number of aryl methyl sites for hydroxylation is 1. The number of anilines is 1. The molecule has 2 aliphatic heterocycles. The van der Waals surface area contributed by atoms with E-state index in [1.807, 2.05) is 55.5 Å². The monoisotopic (exact) mass is 469 g/mol. The van der Waals surface area contributed by atoms with E-state index in [9.17, 15) is 24.9 Å². The van der Waals surface area contributed by atoms with Gasteiger partial charge in [-0.3, -0.25) is 9.59 Å². The molecule has 2 aromatic carbocycles. The van der Waals surface area contributed by atoms with E-state index < -0.39 is 43.2 Å². The Kier molecular flexibility index (Phi) is 6.94. The minimum Gasteiger partial charge on any atom is -0.394 e. The summed E-state index contributed by atoms with van der Waals surface area (Å²) in [4.78, 5) is 32.1. The number of hydrogen-bond donors (Lipinski definition) is 4. The van der Waals surface area contributed by atoms with Crippen molar-refractivity contribution >= 4 is 23.2 Å². The first-order valence-corrected chi connectivity index (χ1v) is 10.9. The maximum atomic E-state index is 13.3. The van der Waals surface area contributed by atoms with Gasteiger partial charge >= 0.3 is 0 Å². The molecule has 0 aliphatic carbocycles. The second-order valence-corrected chi connectivity index (χ2v) is 8.38. The van der Waals surface area contributed by atoms with Crippen LogP contribution < -0.4 is 10.2 Å². The molecule has 4 N–H and O–H groups in total. The molecule has 0 spiro atoms. The van der Waals surface area contributed by atoms with E-state index in [1.165, 1.54) is 6.92 Å². The van der Waals surface area contributed by atoms with E-state index in [0.29, 0.717) is 17.8 Å². The largest absolute Gasteiger partial charge is 0.394 e. The Morgan fingerprint density at radius 2 is 1.91 bits per heavy atom. The Hall–Kier alpha value is -3.31. The van der Waals surface area contributed by atoms with E-state index in [2.05, 4.69) is 10.5 Å². The molecular formula is C24H27N3O7. The fraction of sp³-hybridized carbons (Fsp3) is 0.375. The first-order valence-electron chi connectivity index (χ1n) is 10.9. The summed E-state index contributed by atoms with van der Waals surface area (Å²) in [5.41, 5.74) is 3.15. The topological polar surface area (TPSA) is 141 Å². The van der Waals surface area contributed by atoms with Gasteiger partial charge in [0.1, 0.15) is 24.4 Å². The number of carbonyl (C=O) groups excluding carboxylic acids is 2. The number of amides is 2. The summed E-state index contributed by atoms with van der Waals surface area (Å²) in [6, 6.07) is 13.9. The lowest BCUT2D eigenvalue weighted by Gasteiger charge is -2.40. The Balaban J connectivity index is 1.64. The highest BCUT2D eigenvalue weighted by Gasteiger charge is 2.46. The van der Waals surface area contributed by atoms with Crippen molar-refractivity contribution in [2.24, 2.45) is 5.16 Å². The van der Waals surface area contributed by atoms with Crippen LogP contribution in [0.25, 0.3) is 0 Å². The van der Waals surface area contributed by atoms with Crippen LogP contribution in [0.15, 0.2) is 53.7 Å². The van der Waals surface area contributed by atoms with Crippen LogP contribution in [0, 0.1) is 6.92 Å². The number of ether oxygens (including phenoxy) is 1. The molecule has 2 amide bonds. The van der Waals surface area contributed by atoms with E-state index in [4.69, 9.17) is 9.57 Å². The zero-order valence-electron chi connectivity index (χ0n) is 18.8. The third kappa shape index (κ3) is 4.66. The highest BCUT2D eigenvalue weighted by molar-refractivity contribution is 6.54. The lowest BCUT2D eigenvalue weighted by atomic mass is 9.97. The molecule has 10 heteroatoms. The van der Waals surface area contributed by atoms with Crippen molar-refractivity contribution in [3.05, 3.63) is 65.2 Å².